The van der Waals surface area contributed by atoms with Crippen molar-refractivity contribution in [3.63, 3.8) is 0 Å². The Morgan fingerprint density at radius 3 is 2.09 bits per heavy atom. The van der Waals surface area contributed by atoms with Gasteiger partial charge in [0.2, 0.25) is 5.91 Å². The lowest BCUT2D eigenvalue weighted by Crippen LogP contribution is -2.46. The van der Waals surface area contributed by atoms with Gasteiger partial charge in [-0.05, 0) is 147 Å². The number of ether oxygens (including phenoxy) is 1. The molecule has 4 nitrogen and oxygen atoms in total. The van der Waals surface area contributed by atoms with Crippen molar-refractivity contribution in [2.75, 3.05) is 13.2 Å². The molecule has 2 N–H and O–H groups in total. The van der Waals surface area contributed by atoms with Crippen LogP contribution in [-0.4, -0.2) is 24.2 Å². The predicted octanol–water partition coefficient (Wildman–Crippen LogP) is 9.02. The van der Waals surface area contributed by atoms with Crippen LogP contribution in [0.5, 0.6) is 11.5 Å². The Bertz CT molecular complexity index is 1270. The average Bonchev–Trinajstić information content (AvgIpc) is 2.95. The van der Waals surface area contributed by atoms with E-state index in [1.807, 2.05) is 12.1 Å². The zero-order valence-electron chi connectivity index (χ0n) is 26.9. The number of hydrogen-bond donors (Lipinski definition) is 2. The minimum atomic E-state index is -0.208. The van der Waals surface area contributed by atoms with Gasteiger partial charge in [0.05, 0.1) is 6.61 Å². The minimum absolute atomic E-state index is 0.208. The van der Waals surface area contributed by atoms with Crippen LogP contribution < -0.4 is 10.1 Å². The number of carbonyl (C=O) groups excluding carboxylic acids is 1. The van der Waals surface area contributed by atoms with Crippen molar-refractivity contribution < 1.29 is 14.6 Å². The van der Waals surface area contributed by atoms with E-state index in [2.05, 4.69) is 69.4 Å². The molecule has 0 heterocycles. The molecule has 1 amide bonds. The summed E-state index contributed by atoms with van der Waals surface area (Å²) in [7, 11) is 0. The first-order valence-electron chi connectivity index (χ1n) is 17.2. The van der Waals surface area contributed by atoms with Crippen molar-refractivity contribution in [3.8, 4) is 11.5 Å². The molecule has 2 aromatic rings. The number of fused-ring (bicyclic) bond motifs is 4. The smallest absolute Gasteiger partial charge is 0.225 e. The number of aromatic hydroxyl groups is 1. The fraction of sp³-hybridized carbons (Fsp3) is 0.615. The molecule has 0 saturated heterocycles. The Hall–Kier alpha value is -2.75. The summed E-state index contributed by atoms with van der Waals surface area (Å²) >= 11 is 0. The first-order chi connectivity index (χ1) is 20.7. The standard InChI is InChI=1S/C39H53NO3/c1-25-17-29-21-30(18-25)24-39(4,23-29)38(42)40-14-5-15-43-35-12-8-32(9-13-35)37(31-6-10-34(41)11-7-31)36-27(3)20-28-16-26(2)19-33(36)22-28/h6-13,25-30,33,41H,5,14-24H2,1-4H3,(H,40,42)/b37-36+. The summed E-state index contributed by atoms with van der Waals surface area (Å²) in [6.07, 6.45) is 12.0. The third-order valence-electron chi connectivity index (χ3n) is 11.3. The zero-order valence-corrected chi connectivity index (χ0v) is 26.9. The molecule has 4 aliphatic carbocycles. The normalized spacial score (nSPS) is 34.7. The van der Waals surface area contributed by atoms with Crippen LogP contribution in [0.4, 0.5) is 0 Å². The third kappa shape index (κ3) is 6.84. The van der Waals surface area contributed by atoms with Crippen molar-refractivity contribution >= 4 is 11.5 Å². The van der Waals surface area contributed by atoms with Crippen LogP contribution in [0.3, 0.4) is 0 Å². The number of rotatable bonds is 8. The largest absolute Gasteiger partial charge is 0.508 e. The van der Waals surface area contributed by atoms with E-state index in [9.17, 15) is 9.90 Å². The second-order valence-corrected chi connectivity index (χ2v) is 15.4. The maximum absolute atomic E-state index is 13.2. The van der Waals surface area contributed by atoms with Crippen LogP contribution in [0.15, 0.2) is 54.1 Å². The Balaban J connectivity index is 1.08. The van der Waals surface area contributed by atoms with Gasteiger partial charge in [-0.3, -0.25) is 4.79 Å². The molecule has 0 aliphatic heterocycles. The van der Waals surface area contributed by atoms with E-state index in [0.29, 0.717) is 30.7 Å². The number of phenols is 1. The van der Waals surface area contributed by atoms with Gasteiger partial charge in [-0.2, -0.15) is 0 Å². The maximum atomic E-state index is 13.2. The molecule has 6 rings (SSSR count). The molecule has 4 fully saturated rings. The molecule has 4 aliphatic rings. The monoisotopic (exact) mass is 583 g/mol. The summed E-state index contributed by atoms with van der Waals surface area (Å²) in [5.74, 6) is 6.50. The minimum Gasteiger partial charge on any atom is -0.508 e. The molecule has 4 heteroatoms. The lowest BCUT2D eigenvalue weighted by atomic mass is 9.59. The van der Waals surface area contributed by atoms with E-state index in [-0.39, 0.29) is 11.3 Å². The Morgan fingerprint density at radius 1 is 0.814 bits per heavy atom. The molecule has 0 aromatic heterocycles. The molecule has 0 radical (unpaired) electrons. The van der Waals surface area contributed by atoms with Gasteiger partial charge in [-0.15, -0.1) is 0 Å². The zero-order chi connectivity index (χ0) is 30.1. The molecular formula is C39H53NO3. The predicted molar refractivity (Wildman–Crippen MR) is 175 cm³/mol. The number of hydrogen-bond acceptors (Lipinski definition) is 3. The summed E-state index contributed by atoms with van der Waals surface area (Å²) in [6.45, 7) is 10.7. The van der Waals surface area contributed by atoms with Crippen LogP contribution in [0, 0.1) is 46.8 Å². The van der Waals surface area contributed by atoms with E-state index < -0.39 is 0 Å². The highest BCUT2D eigenvalue weighted by Gasteiger charge is 2.45. The molecular weight excluding hydrogens is 530 g/mol. The van der Waals surface area contributed by atoms with E-state index in [0.717, 1.165) is 54.6 Å². The van der Waals surface area contributed by atoms with Crippen molar-refractivity contribution in [1.82, 2.24) is 5.32 Å². The lowest BCUT2D eigenvalue weighted by molar-refractivity contribution is -0.135. The molecule has 4 bridgehead atoms. The van der Waals surface area contributed by atoms with E-state index >= 15 is 0 Å². The number of allylic oxidation sites excluding steroid dienone is 1. The fourth-order valence-electron chi connectivity index (χ4n) is 9.97. The summed E-state index contributed by atoms with van der Waals surface area (Å²) < 4.78 is 6.13. The van der Waals surface area contributed by atoms with Crippen LogP contribution in [0.25, 0.3) is 5.57 Å². The highest BCUT2D eigenvalue weighted by molar-refractivity contribution is 5.83. The Morgan fingerprint density at radius 2 is 1.42 bits per heavy atom. The van der Waals surface area contributed by atoms with Gasteiger partial charge < -0.3 is 15.2 Å². The molecule has 6 unspecified atom stereocenters. The van der Waals surface area contributed by atoms with Gasteiger partial charge in [0.25, 0.3) is 0 Å². The van der Waals surface area contributed by atoms with Crippen LogP contribution in [0.2, 0.25) is 0 Å². The van der Waals surface area contributed by atoms with Crippen molar-refractivity contribution in [2.45, 2.75) is 91.9 Å². The van der Waals surface area contributed by atoms with Gasteiger partial charge in [0.1, 0.15) is 11.5 Å². The van der Waals surface area contributed by atoms with E-state index in [4.69, 9.17) is 4.74 Å². The quantitative estimate of drug-likeness (QED) is 0.305. The third-order valence-corrected chi connectivity index (χ3v) is 11.3. The number of nitrogens with one attached hydrogen (secondary N) is 1. The molecule has 4 saturated carbocycles. The lowest BCUT2D eigenvalue weighted by Gasteiger charge is -2.46. The number of benzene rings is 2. The van der Waals surface area contributed by atoms with E-state index in [1.54, 1.807) is 5.57 Å². The maximum Gasteiger partial charge on any atom is 0.225 e. The average molecular weight is 584 g/mol. The summed E-state index contributed by atoms with van der Waals surface area (Å²) in [5.41, 5.74) is 5.15. The summed E-state index contributed by atoms with van der Waals surface area (Å²) in [4.78, 5) is 13.2. The van der Waals surface area contributed by atoms with Gasteiger partial charge in [0, 0.05) is 12.0 Å². The Labute approximate surface area is 259 Å². The highest BCUT2D eigenvalue weighted by atomic mass is 16.5. The molecule has 232 valence electrons. The van der Waals surface area contributed by atoms with Gasteiger partial charge in [-0.1, -0.05) is 57.5 Å². The molecule has 2 aromatic carbocycles. The van der Waals surface area contributed by atoms with E-state index in [1.165, 1.54) is 61.6 Å². The number of carbonyl (C=O) groups is 1. The highest BCUT2D eigenvalue weighted by Crippen LogP contribution is 2.52. The number of amides is 1. The molecule has 43 heavy (non-hydrogen) atoms. The molecule has 0 spiro atoms. The first-order valence-corrected chi connectivity index (χ1v) is 17.2. The topological polar surface area (TPSA) is 58.6 Å². The molecule has 6 atom stereocenters. The fourth-order valence-corrected chi connectivity index (χ4v) is 9.97. The van der Waals surface area contributed by atoms with Gasteiger partial charge >= 0.3 is 0 Å². The van der Waals surface area contributed by atoms with Crippen LogP contribution >= 0.6 is 0 Å². The summed E-state index contributed by atoms with van der Waals surface area (Å²) in [5, 5.41) is 13.2. The van der Waals surface area contributed by atoms with Crippen LogP contribution in [-0.2, 0) is 4.79 Å². The first kappa shape index (κ1) is 30.3. The number of phenolic OH excluding ortho intramolecular Hbond substituents is 1. The van der Waals surface area contributed by atoms with Crippen LogP contribution in [0.1, 0.15) is 103 Å². The Kier molecular flexibility index (Phi) is 8.94. The van der Waals surface area contributed by atoms with Crippen molar-refractivity contribution in [3.05, 3.63) is 65.2 Å². The second-order valence-electron chi connectivity index (χ2n) is 15.4. The summed E-state index contributed by atoms with van der Waals surface area (Å²) in [6, 6.07) is 16.4. The van der Waals surface area contributed by atoms with Crippen molar-refractivity contribution in [2.24, 2.45) is 46.8 Å². The second kappa shape index (κ2) is 12.7. The van der Waals surface area contributed by atoms with Crippen molar-refractivity contribution in [1.29, 1.82) is 0 Å². The van der Waals surface area contributed by atoms with Gasteiger partial charge in [-0.25, -0.2) is 0 Å². The van der Waals surface area contributed by atoms with Gasteiger partial charge in [0.15, 0.2) is 0 Å². The SMILES string of the molecule is CC1CC2CC(C1)CC(C)(C(=O)NCCCOc1ccc(/C(=C3\C(C)CC4CC(C)CC3C4)c3ccc(O)cc3)cc1)C2.